The van der Waals surface area contributed by atoms with Crippen molar-refractivity contribution >= 4 is 5.97 Å². The van der Waals surface area contributed by atoms with Gasteiger partial charge in [0.15, 0.2) is 0 Å². The Morgan fingerprint density at radius 3 is 2.85 bits per heavy atom. The van der Waals surface area contributed by atoms with Crippen LogP contribution >= 0.6 is 0 Å². The van der Waals surface area contributed by atoms with E-state index in [9.17, 15) is 4.79 Å². The minimum atomic E-state index is -0.438. The molecule has 1 heterocycles. The van der Waals surface area contributed by atoms with Gasteiger partial charge in [-0.25, -0.2) is 0 Å². The van der Waals surface area contributed by atoms with Crippen LogP contribution < -0.4 is 5.32 Å². The normalized spacial score (nSPS) is 35.1. The average molecular weight is 282 g/mol. The first kappa shape index (κ1) is 15.8. The van der Waals surface area contributed by atoms with E-state index >= 15 is 0 Å². The summed E-state index contributed by atoms with van der Waals surface area (Å²) >= 11 is 0. The molecular weight excluding hydrogens is 252 g/mol. The molecule has 1 aliphatic heterocycles. The van der Waals surface area contributed by atoms with Gasteiger partial charge in [0.1, 0.15) is 5.54 Å². The number of hydrogen-bond acceptors (Lipinski definition) is 4. The molecule has 0 radical (unpaired) electrons. The fraction of sp³-hybridized carbons (Fsp3) is 0.938. The van der Waals surface area contributed by atoms with Crippen LogP contribution in [0.2, 0.25) is 0 Å². The van der Waals surface area contributed by atoms with Crippen LogP contribution in [0.5, 0.6) is 0 Å². The maximum atomic E-state index is 12.2. The summed E-state index contributed by atoms with van der Waals surface area (Å²) < 4.78 is 5.08. The van der Waals surface area contributed by atoms with Gasteiger partial charge in [-0.3, -0.25) is 9.69 Å². The van der Waals surface area contributed by atoms with Crippen LogP contribution in [0, 0.1) is 0 Å². The van der Waals surface area contributed by atoms with E-state index in [1.807, 2.05) is 0 Å². The number of methoxy groups -OCH3 is 1. The van der Waals surface area contributed by atoms with Gasteiger partial charge in [0, 0.05) is 12.1 Å². The minimum Gasteiger partial charge on any atom is -0.468 e. The molecule has 0 aromatic carbocycles. The summed E-state index contributed by atoms with van der Waals surface area (Å²) in [5.41, 5.74) is -0.438. The van der Waals surface area contributed by atoms with Gasteiger partial charge in [-0.2, -0.15) is 0 Å². The molecule has 4 nitrogen and oxygen atoms in total. The van der Waals surface area contributed by atoms with Crippen LogP contribution in [-0.4, -0.2) is 48.7 Å². The number of esters is 1. The van der Waals surface area contributed by atoms with Crippen LogP contribution in [0.25, 0.3) is 0 Å². The first-order valence-electron chi connectivity index (χ1n) is 8.22. The number of carbonyl (C=O) groups is 1. The Kier molecular flexibility index (Phi) is 5.44. The third-order valence-electron chi connectivity index (χ3n) is 5.10. The van der Waals surface area contributed by atoms with Crippen molar-refractivity contribution in [3.8, 4) is 0 Å². The second kappa shape index (κ2) is 6.90. The van der Waals surface area contributed by atoms with Gasteiger partial charge in [-0.05, 0) is 58.5 Å². The SMILES string of the molecule is CCCNC1(C(=O)OC)CCC(N2CCCCC2C)C1. The molecule has 116 valence electrons. The zero-order chi connectivity index (χ0) is 14.6. The van der Waals surface area contributed by atoms with Gasteiger partial charge in [0.2, 0.25) is 0 Å². The summed E-state index contributed by atoms with van der Waals surface area (Å²) in [7, 11) is 1.51. The monoisotopic (exact) mass is 282 g/mol. The molecule has 0 aromatic rings. The molecule has 1 aliphatic carbocycles. The van der Waals surface area contributed by atoms with Crippen molar-refractivity contribution in [3.63, 3.8) is 0 Å². The smallest absolute Gasteiger partial charge is 0.326 e. The Hall–Kier alpha value is -0.610. The lowest BCUT2D eigenvalue weighted by Gasteiger charge is -2.39. The van der Waals surface area contributed by atoms with Crippen molar-refractivity contribution in [2.45, 2.75) is 76.4 Å². The highest BCUT2D eigenvalue weighted by Gasteiger charge is 2.48. The topological polar surface area (TPSA) is 41.6 Å². The van der Waals surface area contributed by atoms with Crippen molar-refractivity contribution in [1.29, 1.82) is 0 Å². The fourth-order valence-electron chi connectivity index (χ4n) is 3.94. The molecule has 0 spiro atoms. The molecule has 2 fully saturated rings. The Morgan fingerprint density at radius 2 is 2.20 bits per heavy atom. The van der Waals surface area contributed by atoms with Crippen molar-refractivity contribution in [1.82, 2.24) is 10.2 Å². The molecule has 20 heavy (non-hydrogen) atoms. The lowest BCUT2D eigenvalue weighted by molar-refractivity contribution is -0.148. The number of carbonyl (C=O) groups excluding carboxylic acids is 1. The zero-order valence-corrected chi connectivity index (χ0v) is 13.3. The molecule has 1 saturated carbocycles. The molecule has 2 rings (SSSR count). The summed E-state index contributed by atoms with van der Waals surface area (Å²) in [6.45, 7) is 6.54. The number of ether oxygens (including phenoxy) is 1. The number of nitrogens with zero attached hydrogens (tertiary/aromatic N) is 1. The van der Waals surface area contributed by atoms with Crippen LogP contribution in [0.15, 0.2) is 0 Å². The van der Waals surface area contributed by atoms with E-state index in [2.05, 4.69) is 24.1 Å². The lowest BCUT2D eigenvalue weighted by Crippen LogP contribution is -2.53. The number of nitrogens with one attached hydrogen (secondary N) is 1. The van der Waals surface area contributed by atoms with Crippen LogP contribution in [0.4, 0.5) is 0 Å². The van der Waals surface area contributed by atoms with E-state index < -0.39 is 5.54 Å². The number of piperidine rings is 1. The third kappa shape index (κ3) is 3.17. The fourth-order valence-corrected chi connectivity index (χ4v) is 3.94. The molecule has 4 heteroatoms. The van der Waals surface area contributed by atoms with E-state index in [1.165, 1.54) is 32.9 Å². The molecular formula is C16H30N2O2. The largest absolute Gasteiger partial charge is 0.468 e. The molecule has 1 N–H and O–H groups in total. The van der Waals surface area contributed by atoms with Crippen LogP contribution in [0.3, 0.4) is 0 Å². The Morgan fingerprint density at radius 1 is 1.40 bits per heavy atom. The predicted octanol–water partition coefficient (Wildman–Crippen LogP) is 2.32. The molecule has 1 saturated heterocycles. The molecule has 0 aromatic heterocycles. The Bertz CT molecular complexity index is 334. The van der Waals surface area contributed by atoms with E-state index in [0.717, 1.165) is 32.2 Å². The first-order chi connectivity index (χ1) is 9.63. The lowest BCUT2D eigenvalue weighted by atomic mass is 9.95. The van der Waals surface area contributed by atoms with Crippen LogP contribution in [-0.2, 0) is 9.53 Å². The molecule has 3 atom stereocenters. The summed E-state index contributed by atoms with van der Waals surface area (Å²) in [5, 5.41) is 3.48. The first-order valence-corrected chi connectivity index (χ1v) is 8.22. The Balaban J connectivity index is 2.04. The molecule has 0 bridgehead atoms. The molecule has 0 amide bonds. The van der Waals surface area contributed by atoms with Gasteiger partial charge >= 0.3 is 5.97 Å². The molecule has 2 aliphatic rings. The maximum absolute atomic E-state index is 12.2. The summed E-state index contributed by atoms with van der Waals surface area (Å²) in [5.74, 6) is -0.0712. The quantitative estimate of drug-likeness (QED) is 0.786. The zero-order valence-electron chi connectivity index (χ0n) is 13.3. The van der Waals surface area contributed by atoms with E-state index in [-0.39, 0.29) is 5.97 Å². The van der Waals surface area contributed by atoms with Crippen molar-refractivity contribution in [3.05, 3.63) is 0 Å². The van der Waals surface area contributed by atoms with Crippen molar-refractivity contribution in [2.24, 2.45) is 0 Å². The second-order valence-electron chi connectivity index (χ2n) is 6.48. The standard InChI is InChI=1S/C16H30N2O2/c1-4-10-17-16(15(19)20-3)9-8-14(12-16)18-11-6-5-7-13(18)2/h13-14,17H,4-12H2,1-3H3. The second-order valence-corrected chi connectivity index (χ2v) is 6.48. The number of hydrogen-bond donors (Lipinski definition) is 1. The number of rotatable bonds is 5. The summed E-state index contributed by atoms with van der Waals surface area (Å²) in [6, 6.07) is 1.20. The van der Waals surface area contributed by atoms with Gasteiger partial charge < -0.3 is 10.1 Å². The summed E-state index contributed by atoms with van der Waals surface area (Å²) in [4.78, 5) is 14.9. The van der Waals surface area contributed by atoms with E-state index in [4.69, 9.17) is 4.74 Å². The van der Waals surface area contributed by atoms with Crippen molar-refractivity contribution in [2.75, 3.05) is 20.2 Å². The highest BCUT2D eigenvalue weighted by atomic mass is 16.5. The van der Waals surface area contributed by atoms with E-state index in [1.54, 1.807) is 0 Å². The summed E-state index contributed by atoms with van der Waals surface area (Å²) in [6.07, 6.45) is 7.91. The van der Waals surface area contributed by atoms with Gasteiger partial charge in [0.25, 0.3) is 0 Å². The predicted molar refractivity (Wildman–Crippen MR) is 80.7 cm³/mol. The minimum absolute atomic E-state index is 0.0712. The average Bonchev–Trinajstić information content (AvgIpc) is 2.90. The van der Waals surface area contributed by atoms with Gasteiger partial charge in [-0.15, -0.1) is 0 Å². The van der Waals surface area contributed by atoms with Gasteiger partial charge in [-0.1, -0.05) is 13.3 Å². The maximum Gasteiger partial charge on any atom is 0.326 e. The van der Waals surface area contributed by atoms with E-state index in [0.29, 0.717) is 12.1 Å². The number of likely N-dealkylation sites (tertiary alicyclic amines) is 1. The highest BCUT2D eigenvalue weighted by molar-refractivity contribution is 5.81. The van der Waals surface area contributed by atoms with Gasteiger partial charge in [0.05, 0.1) is 7.11 Å². The third-order valence-corrected chi connectivity index (χ3v) is 5.10. The highest BCUT2D eigenvalue weighted by Crippen LogP contribution is 2.36. The Labute approximate surface area is 123 Å². The van der Waals surface area contributed by atoms with Crippen LogP contribution in [0.1, 0.15) is 58.8 Å². The van der Waals surface area contributed by atoms with Crippen molar-refractivity contribution < 1.29 is 9.53 Å². The molecule has 3 unspecified atom stereocenters.